The molecule has 5 aromatic rings. The van der Waals surface area contributed by atoms with Crippen molar-refractivity contribution in [1.82, 2.24) is 4.57 Å². The lowest BCUT2D eigenvalue weighted by atomic mass is 9.95. The number of nitrogens with one attached hydrogen (secondary N) is 1. The van der Waals surface area contributed by atoms with Crippen LogP contribution in [0.4, 0.5) is 5.69 Å². The van der Waals surface area contributed by atoms with Crippen LogP contribution in [0.15, 0.2) is 117 Å². The van der Waals surface area contributed by atoms with E-state index in [2.05, 4.69) is 49.9 Å². The minimum absolute atomic E-state index is 0.179. The first-order valence-corrected chi connectivity index (χ1v) is 17.1. The summed E-state index contributed by atoms with van der Waals surface area (Å²) in [7, 11) is 1.58. The average molecular weight is 818 g/mol. The summed E-state index contributed by atoms with van der Waals surface area (Å²) in [4.78, 5) is 33.4. The number of fused-ring (bicyclic) bond motifs is 1. The summed E-state index contributed by atoms with van der Waals surface area (Å²) >= 11 is 7.02. The number of rotatable bonds is 8. The highest BCUT2D eigenvalue weighted by Gasteiger charge is 2.33. The van der Waals surface area contributed by atoms with Crippen LogP contribution in [0.5, 0.6) is 11.5 Å². The summed E-state index contributed by atoms with van der Waals surface area (Å²) in [6.45, 7) is 1.96. The van der Waals surface area contributed by atoms with Crippen LogP contribution in [0.25, 0.3) is 6.08 Å². The number of hydrogen-bond acceptors (Lipinski definition) is 7. The van der Waals surface area contributed by atoms with Gasteiger partial charge < -0.3 is 14.8 Å². The van der Waals surface area contributed by atoms with Crippen LogP contribution in [0.1, 0.15) is 35.2 Å². The number of carbonyl (C=O) groups is 1. The van der Waals surface area contributed by atoms with Crippen molar-refractivity contribution in [2.75, 3.05) is 12.4 Å². The first kappa shape index (κ1) is 32.4. The van der Waals surface area contributed by atoms with Crippen molar-refractivity contribution >= 4 is 67.5 Å². The molecule has 1 aliphatic rings. The summed E-state index contributed by atoms with van der Waals surface area (Å²) < 4.78 is 15.4. The summed E-state index contributed by atoms with van der Waals surface area (Å²) in [6.07, 6.45) is 1.79. The van der Waals surface area contributed by atoms with Crippen molar-refractivity contribution in [3.63, 3.8) is 0 Å². The Morgan fingerprint density at radius 2 is 1.87 bits per heavy atom. The quantitative estimate of drug-likeness (QED) is 0.176. The fourth-order valence-corrected chi connectivity index (χ4v) is 8.09. The Morgan fingerprint density at radius 3 is 2.64 bits per heavy atom. The molecule has 0 saturated heterocycles. The second-order valence-electron chi connectivity index (χ2n) is 10.5. The molecule has 1 amide bonds. The van der Waals surface area contributed by atoms with E-state index in [-0.39, 0.29) is 18.1 Å². The number of methoxy groups -OCH3 is 1. The number of hydrogen-bond donors (Lipinski definition) is 1. The molecule has 11 heteroatoms. The number of aromatic nitrogens is 1. The molecule has 1 N–H and O–H groups in total. The highest BCUT2D eigenvalue weighted by molar-refractivity contribution is 14.1. The van der Waals surface area contributed by atoms with Gasteiger partial charge in [0.25, 0.3) is 11.5 Å². The molecular weight excluding hydrogens is 791 g/mol. The Bertz CT molecular complexity index is 2270. The lowest BCUT2D eigenvalue weighted by Crippen LogP contribution is -2.40. The Hall–Kier alpha value is -4.51. The molecule has 1 aliphatic heterocycles. The zero-order valence-corrected chi connectivity index (χ0v) is 29.7. The van der Waals surface area contributed by atoms with Crippen molar-refractivity contribution < 1.29 is 14.3 Å². The van der Waals surface area contributed by atoms with Gasteiger partial charge in [-0.15, -0.1) is 0 Å². The van der Waals surface area contributed by atoms with Gasteiger partial charge in [-0.1, -0.05) is 75.8 Å². The van der Waals surface area contributed by atoms with Gasteiger partial charge in [-0.3, -0.25) is 14.2 Å². The molecule has 0 aliphatic carbocycles. The van der Waals surface area contributed by atoms with Crippen molar-refractivity contribution in [1.29, 1.82) is 5.26 Å². The average Bonchev–Trinajstić information content (AvgIpc) is 3.37. The second kappa shape index (κ2) is 14.1. The number of para-hydroxylation sites is 1. The fourth-order valence-electron chi connectivity index (χ4n) is 5.34. The SMILES string of the molecule is COc1cccc([C@H]2C(C(=O)Nc3ccccc3)=C(C)N=c3s/c(=C\c4cc(Br)cc(I)c4OCc4ccccc4C#N)c(=O)n32)c1. The van der Waals surface area contributed by atoms with Gasteiger partial charge in [-0.2, -0.15) is 5.26 Å². The largest absolute Gasteiger partial charge is 0.497 e. The molecule has 0 bridgehead atoms. The van der Waals surface area contributed by atoms with Crippen LogP contribution < -0.4 is 29.7 Å². The molecule has 0 spiro atoms. The minimum Gasteiger partial charge on any atom is -0.497 e. The first-order chi connectivity index (χ1) is 22.8. The van der Waals surface area contributed by atoms with E-state index in [1.54, 1.807) is 30.7 Å². The molecular formula is C36H26BrIN4O4S. The summed E-state index contributed by atoms with van der Waals surface area (Å²) in [6, 6.07) is 29.1. The molecule has 0 radical (unpaired) electrons. The predicted octanol–water partition coefficient (Wildman–Crippen LogP) is 6.70. The third-order valence-corrected chi connectivity index (χ3v) is 9.78. The van der Waals surface area contributed by atoms with E-state index in [0.717, 1.165) is 13.6 Å². The van der Waals surface area contributed by atoms with Crippen molar-refractivity contribution in [2.45, 2.75) is 19.6 Å². The number of ether oxygens (including phenoxy) is 2. The molecule has 0 unspecified atom stereocenters. The van der Waals surface area contributed by atoms with E-state index < -0.39 is 6.04 Å². The maximum absolute atomic E-state index is 14.3. The van der Waals surface area contributed by atoms with Crippen molar-refractivity contribution in [3.05, 3.63) is 152 Å². The van der Waals surface area contributed by atoms with Gasteiger partial charge in [0.05, 0.1) is 44.2 Å². The number of nitriles is 1. The molecule has 2 heterocycles. The number of halogens is 2. The standard InChI is InChI=1S/C36H26BrIN4O4S/c1-21-31(34(43)41-27-12-4-3-5-13-27)32(22-11-8-14-28(16-22)45-2)42-35(44)30(47-36(42)40-21)17-25-15-26(37)18-29(38)33(25)46-20-24-10-7-6-9-23(24)19-39/h3-18,32H,20H2,1-2H3,(H,41,43)/b30-17-/t32-/m0/s1. The molecule has 47 heavy (non-hydrogen) atoms. The summed E-state index contributed by atoms with van der Waals surface area (Å²) in [5.74, 6) is 0.829. The Labute approximate surface area is 296 Å². The van der Waals surface area contributed by atoms with E-state index in [9.17, 15) is 14.9 Å². The van der Waals surface area contributed by atoms with Crippen LogP contribution in [-0.4, -0.2) is 17.6 Å². The number of nitrogens with zero attached hydrogens (tertiary/aromatic N) is 3. The number of benzene rings is 4. The minimum atomic E-state index is -0.756. The topological polar surface area (TPSA) is 106 Å². The third kappa shape index (κ3) is 6.81. The molecule has 6 rings (SSSR count). The fraction of sp³-hybridized carbons (Fsp3) is 0.111. The lowest BCUT2D eigenvalue weighted by Gasteiger charge is -2.25. The highest BCUT2D eigenvalue weighted by atomic mass is 127. The monoisotopic (exact) mass is 816 g/mol. The van der Waals surface area contributed by atoms with Crippen LogP contribution in [0.3, 0.4) is 0 Å². The Balaban J connectivity index is 1.47. The Morgan fingerprint density at radius 1 is 1.11 bits per heavy atom. The Kier molecular flexibility index (Phi) is 9.72. The van der Waals surface area contributed by atoms with Gasteiger partial charge in [0.15, 0.2) is 4.80 Å². The maximum Gasteiger partial charge on any atom is 0.271 e. The van der Waals surface area contributed by atoms with E-state index in [4.69, 9.17) is 14.5 Å². The van der Waals surface area contributed by atoms with E-state index in [0.29, 0.717) is 54.5 Å². The van der Waals surface area contributed by atoms with Gasteiger partial charge >= 0.3 is 0 Å². The van der Waals surface area contributed by atoms with Crippen molar-refractivity contribution in [3.8, 4) is 17.6 Å². The number of thiazole rings is 1. The van der Waals surface area contributed by atoms with Gasteiger partial charge in [0, 0.05) is 21.3 Å². The number of carbonyl (C=O) groups excluding carboxylic acids is 1. The highest BCUT2D eigenvalue weighted by Crippen LogP contribution is 2.34. The van der Waals surface area contributed by atoms with Crippen molar-refractivity contribution in [2.24, 2.45) is 4.99 Å². The number of anilines is 1. The van der Waals surface area contributed by atoms with E-state index in [1.807, 2.05) is 84.9 Å². The molecule has 0 fully saturated rings. The molecule has 1 aromatic heterocycles. The normalized spacial score (nSPS) is 14.2. The molecule has 0 saturated carbocycles. The van der Waals surface area contributed by atoms with Gasteiger partial charge in [0.2, 0.25) is 0 Å². The van der Waals surface area contributed by atoms with Crippen LogP contribution in [-0.2, 0) is 11.4 Å². The first-order valence-electron chi connectivity index (χ1n) is 14.4. The van der Waals surface area contributed by atoms with Gasteiger partial charge in [-0.05, 0) is 83.6 Å². The van der Waals surface area contributed by atoms with Gasteiger partial charge in [0.1, 0.15) is 18.1 Å². The van der Waals surface area contributed by atoms with Gasteiger partial charge in [-0.25, -0.2) is 4.99 Å². The van der Waals surface area contributed by atoms with E-state index >= 15 is 0 Å². The number of amides is 1. The van der Waals surface area contributed by atoms with Crippen LogP contribution >= 0.6 is 49.9 Å². The van der Waals surface area contributed by atoms with Crippen LogP contribution in [0, 0.1) is 14.9 Å². The van der Waals surface area contributed by atoms with E-state index in [1.165, 1.54) is 11.3 Å². The molecule has 234 valence electrons. The summed E-state index contributed by atoms with van der Waals surface area (Å²) in [5.41, 5.74) is 3.89. The molecule has 1 atom stereocenters. The predicted molar refractivity (Wildman–Crippen MR) is 194 cm³/mol. The smallest absolute Gasteiger partial charge is 0.271 e. The zero-order chi connectivity index (χ0) is 33.1. The summed E-state index contributed by atoms with van der Waals surface area (Å²) in [5, 5.41) is 12.5. The third-order valence-electron chi connectivity index (χ3n) is 7.54. The zero-order valence-electron chi connectivity index (χ0n) is 25.2. The van der Waals surface area contributed by atoms with Crippen LogP contribution in [0.2, 0.25) is 0 Å². The lowest BCUT2D eigenvalue weighted by molar-refractivity contribution is -0.113. The maximum atomic E-state index is 14.3. The molecule has 8 nitrogen and oxygen atoms in total. The molecule has 4 aromatic carbocycles. The second-order valence-corrected chi connectivity index (χ2v) is 13.6. The number of allylic oxidation sites excluding steroid dienone is 1.